The molecule has 2 aliphatic heterocycles. The van der Waals surface area contributed by atoms with Crippen molar-refractivity contribution in [3.05, 3.63) is 41.7 Å². The second-order valence-electron chi connectivity index (χ2n) is 7.15. The van der Waals surface area contributed by atoms with Crippen LogP contribution in [0.5, 0.6) is 0 Å². The summed E-state index contributed by atoms with van der Waals surface area (Å²) in [6.45, 7) is 5.51. The lowest BCUT2D eigenvalue weighted by atomic mass is 9.89. The van der Waals surface area contributed by atoms with Crippen LogP contribution in [0.4, 0.5) is 4.39 Å². The van der Waals surface area contributed by atoms with Crippen LogP contribution in [0.1, 0.15) is 22.9 Å². The van der Waals surface area contributed by atoms with Crippen LogP contribution in [0.15, 0.2) is 24.3 Å². The van der Waals surface area contributed by atoms with Crippen molar-refractivity contribution in [1.82, 2.24) is 24.6 Å². The molecule has 0 aliphatic carbocycles. The predicted octanol–water partition coefficient (Wildman–Crippen LogP) is 1.74. The molecule has 0 N–H and O–H groups in total. The maximum absolute atomic E-state index is 13.1. The van der Waals surface area contributed by atoms with E-state index >= 15 is 0 Å². The van der Waals surface area contributed by atoms with E-state index in [2.05, 4.69) is 22.0 Å². The molecule has 2 atom stereocenters. The van der Waals surface area contributed by atoms with Gasteiger partial charge in [-0.15, -0.1) is 5.10 Å². The Morgan fingerprint density at radius 1 is 1.16 bits per heavy atom. The zero-order chi connectivity index (χ0) is 17.6. The van der Waals surface area contributed by atoms with Crippen molar-refractivity contribution in [3.63, 3.8) is 0 Å². The van der Waals surface area contributed by atoms with Gasteiger partial charge in [0.1, 0.15) is 11.6 Å². The predicted molar refractivity (Wildman–Crippen MR) is 91.1 cm³/mol. The van der Waals surface area contributed by atoms with E-state index in [9.17, 15) is 9.18 Å². The van der Waals surface area contributed by atoms with Crippen molar-refractivity contribution in [2.24, 2.45) is 11.8 Å². The van der Waals surface area contributed by atoms with Crippen LogP contribution in [-0.2, 0) is 0 Å². The molecule has 2 saturated heterocycles. The molecule has 1 aromatic carbocycles. The van der Waals surface area contributed by atoms with Crippen LogP contribution >= 0.6 is 0 Å². The number of halogens is 1. The smallest absolute Gasteiger partial charge is 0.293 e. The third-order valence-corrected chi connectivity index (χ3v) is 5.32. The highest BCUT2D eigenvalue weighted by Crippen LogP contribution is 2.31. The van der Waals surface area contributed by atoms with Gasteiger partial charge in [-0.05, 0) is 63.0 Å². The fraction of sp³-hybridized carbons (Fsp3) is 0.500. The molecule has 2 aromatic rings. The molecule has 4 rings (SSSR count). The van der Waals surface area contributed by atoms with Gasteiger partial charge in [-0.1, -0.05) is 0 Å². The standard InChI is InChI=1S/C18H22FN5O/c1-12-20-17(21-24(12)16-5-3-15(19)4-6-16)18(25)23-10-13-7-8-22(2)9-14(13)11-23/h3-6,13-14H,7-11H2,1-2H3. The first-order valence-electron chi connectivity index (χ1n) is 8.68. The molecule has 1 aromatic heterocycles. The molecular formula is C18H22FN5O. The molecule has 7 heteroatoms. The molecule has 2 fully saturated rings. The normalized spacial score (nSPS) is 23.7. The molecule has 2 aliphatic rings. The minimum atomic E-state index is -0.303. The lowest BCUT2D eigenvalue weighted by Crippen LogP contribution is -2.37. The Balaban J connectivity index is 1.53. The second kappa shape index (κ2) is 6.22. The number of nitrogens with zero attached hydrogens (tertiary/aromatic N) is 5. The number of likely N-dealkylation sites (tertiary alicyclic amines) is 2. The SMILES string of the molecule is Cc1nc(C(=O)N2CC3CCN(C)CC3C2)nn1-c1ccc(F)cc1. The van der Waals surface area contributed by atoms with E-state index in [1.807, 2.05) is 4.90 Å². The van der Waals surface area contributed by atoms with E-state index in [1.165, 1.54) is 12.1 Å². The third-order valence-electron chi connectivity index (χ3n) is 5.32. The lowest BCUT2D eigenvalue weighted by Gasteiger charge is -2.31. The average molecular weight is 343 g/mol. The summed E-state index contributed by atoms with van der Waals surface area (Å²) >= 11 is 0. The van der Waals surface area contributed by atoms with Crippen molar-refractivity contribution in [2.75, 3.05) is 33.2 Å². The highest BCUT2D eigenvalue weighted by atomic mass is 19.1. The van der Waals surface area contributed by atoms with Gasteiger partial charge in [-0.25, -0.2) is 14.1 Å². The number of hydrogen-bond donors (Lipinski definition) is 0. The van der Waals surface area contributed by atoms with Crippen LogP contribution in [0.25, 0.3) is 5.69 Å². The number of aromatic nitrogens is 3. The number of benzene rings is 1. The van der Waals surface area contributed by atoms with Crippen LogP contribution in [0, 0.1) is 24.6 Å². The zero-order valence-corrected chi connectivity index (χ0v) is 14.5. The number of amides is 1. The van der Waals surface area contributed by atoms with Gasteiger partial charge in [0.05, 0.1) is 5.69 Å². The van der Waals surface area contributed by atoms with E-state index in [-0.39, 0.29) is 17.5 Å². The first-order valence-corrected chi connectivity index (χ1v) is 8.68. The number of hydrogen-bond acceptors (Lipinski definition) is 4. The van der Waals surface area contributed by atoms with Gasteiger partial charge in [0, 0.05) is 19.6 Å². The van der Waals surface area contributed by atoms with Gasteiger partial charge in [-0.3, -0.25) is 4.79 Å². The Morgan fingerprint density at radius 3 is 2.64 bits per heavy atom. The quantitative estimate of drug-likeness (QED) is 0.833. The Hall–Kier alpha value is -2.28. The largest absolute Gasteiger partial charge is 0.335 e. The first kappa shape index (κ1) is 16.2. The molecule has 132 valence electrons. The van der Waals surface area contributed by atoms with Crippen LogP contribution in [0.2, 0.25) is 0 Å². The van der Waals surface area contributed by atoms with Gasteiger partial charge < -0.3 is 9.80 Å². The first-order chi connectivity index (χ1) is 12.0. The fourth-order valence-corrected chi connectivity index (χ4v) is 3.97. The maximum Gasteiger partial charge on any atom is 0.293 e. The summed E-state index contributed by atoms with van der Waals surface area (Å²) < 4.78 is 14.7. The van der Waals surface area contributed by atoms with Gasteiger partial charge in [0.15, 0.2) is 0 Å². The Morgan fingerprint density at radius 2 is 1.88 bits per heavy atom. The molecule has 25 heavy (non-hydrogen) atoms. The monoisotopic (exact) mass is 343 g/mol. The van der Waals surface area contributed by atoms with Crippen LogP contribution < -0.4 is 0 Å². The molecule has 6 nitrogen and oxygen atoms in total. The lowest BCUT2D eigenvalue weighted by molar-refractivity contribution is 0.0772. The maximum atomic E-state index is 13.1. The van der Waals surface area contributed by atoms with E-state index < -0.39 is 0 Å². The van der Waals surface area contributed by atoms with Crippen LogP contribution in [0.3, 0.4) is 0 Å². The molecule has 1 amide bonds. The topological polar surface area (TPSA) is 54.3 Å². The Labute approximate surface area is 146 Å². The van der Waals surface area contributed by atoms with Gasteiger partial charge >= 0.3 is 0 Å². The van der Waals surface area contributed by atoms with E-state index in [0.29, 0.717) is 23.3 Å². The number of piperidine rings is 1. The summed E-state index contributed by atoms with van der Waals surface area (Å²) in [5.74, 6) is 1.55. The van der Waals surface area contributed by atoms with Crippen molar-refractivity contribution in [3.8, 4) is 5.69 Å². The molecule has 0 bridgehead atoms. The molecule has 0 radical (unpaired) electrons. The Bertz CT molecular complexity index is 787. The second-order valence-corrected chi connectivity index (χ2v) is 7.15. The number of rotatable bonds is 2. The Kier molecular flexibility index (Phi) is 4.03. The minimum absolute atomic E-state index is 0.110. The van der Waals surface area contributed by atoms with Crippen molar-refractivity contribution in [2.45, 2.75) is 13.3 Å². The molecule has 0 spiro atoms. The zero-order valence-electron chi connectivity index (χ0n) is 14.5. The minimum Gasteiger partial charge on any atom is -0.335 e. The van der Waals surface area contributed by atoms with E-state index in [4.69, 9.17) is 0 Å². The summed E-state index contributed by atoms with van der Waals surface area (Å²) in [7, 11) is 2.13. The summed E-state index contributed by atoms with van der Waals surface area (Å²) in [5, 5.41) is 4.37. The molecule has 0 saturated carbocycles. The highest BCUT2D eigenvalue weighted by Gasteiger charge is 2.39. The van der Waals surface area contributed by atoms with E-state index in [0.717, 1.165) is 32.6 Å². The van der Waals surface area contributed by atoms with E-state index in [1.54, 1.807) is 23.7 Å². The number of carbonyl (C=O) groups excluding carboxylic acids is 1. The number of carbonyl (C=O) groups is 1. The summed E-state index contributed by atoms with van der Waals surface area (Å²) in [6.07, 6.45) is 1.14. The summed E-state index contributed by atoms with van der Waals surface area (Å²) in [4.78, 5) is 21.4. The number of aryl methyl sites for hydroxylation is 1. The van der Waals surface area contributed by atoms with Crippen molar-refractivity contribution in [1.29, 1.82) is 0 Å². The molecular weight excluding hydrogens is 321 g/mol. The highest BCUT2D eigenvalue weighted by molar-refractivity contribution is 5.90. The summed E-state index contributed by atoms with van der Waals surface area (Å²) in [5.41, 5.74) is 0.696. The average Bonchev–Trinajstić information content (AvgIpc) is 3.18. The van der Waals surface area contributed by atoms with Gasteiger partial charge in [0.2, 0.25) is 5.82 Å². The number of fused-ring (bicyclic) bond motifs is 1. The van der Waals surface area contributed by atoms with Gasteiger partial charge in [-0.2, -0.15) is 0 Å². The fourth-order valence-electron chi connectivity index (χ4n) is 3.97. The van der Waals surface area contributed by atoms with Crippen molar-refractivity contribution >= 4 is 5.91 Å². The molecule has 3 heterocycles. The molecule has 2 unspecified atom stereocenters. The van der Waals surface area contributed by atoms with Crippen molar-refractivity contribution < 1.29 is 9.18 Å². The summed E-state index contributed by atoms with van der Waals surface area (Å²) in [6, 6.07) is 6.01. The van der Waals surface area contributed by atoms with Gasteiger partial charge in [0.25, 0.3) is 5.91 Å². The third kappa shape index (κ3) is 3.04. The van der Waals surface area contributed by atoms with Crippen LogP contribution in [-0.4, -0.2) is 63.7 Å².